The highest BCUT2D eigenvalue weighted by molar-refractivity contribution is 7.12. The summed E-state index contributed by atoms with van der Waals surface area (Å²) in [6, 6.07) is 5.84. The third kappa shape index (κ3) is 4.28. The van der Waals surface area contributed by atoms with Gasteiger partial charge >= 0.3 is 0 Å². The maximum absolute atomic E-state index is 12.9. The predicted octanol–water partition coefficient (Wildman–Crippen LogP) is 4.18. The molecule has 2 aromatic rings. The van der Waals surface area contributed by atoms with Crippen molar-refractivity contribution in [2.24, 2.45) is 5.92 Å². The molecule has 0 saturated carbocycles. The van der Waals surface area contributed by atoms with Crippen LogP contribution < -0.4 is 14.2 Å². The molecule has 1 aliphatic rings. The summed E-state index contributed by atoms with van der Waals surface area (Å²) in [5, 5.41) is 2.00. The van der Waals surface area contributed by atoms with Gasteiger partial charge in [0.25, 0.3) is 0 Å². The number of carbonyl (C=O) groups is 1. The molecule has 2 heterocycles. The topological polar surface area (TPSA) is 48.0 Å². The zero-order valence-corrected chi connectivity index (χ0v) is 17.2. The van der Waals surface area contributed by atoms with Crippen LogP contribution in [0.5, 0.6) is 17.2 Å². The van der Waals surface area contributed by atoms with Crippen LogP contribution in [-0.4, -0.2) is 45.1 Å². The summed E-state index contributed by atoms with van der Waals surface area (Å²) >= 11 is 1.55. The van der Waals surface area contributed by atoms with E-state index in [4.69, 9.17) is 14.2 Å². The van der Waals surface area contributed by atoms with E-state index in [2.05, 4.69) is 4.90 Å². The van der Waals surface area contributed by atoms with Crippen LogP contribution in [0.2, 0.25) is 0 Å². The van der Waals surface area contributed by atoms with Crippen molar-refractivity contribution in [3.63, 3.8) is 0 Å². The minimum Gasteiger partial charge on any atom is -0.496 e. The zero-order valence-electron chi connectivity index (χ0n) is 16.4. The molecule has 0 bridgehead atoms. The normalized spacial score (nSPS) is 17.6. The molecule has 3 rings (SSSR count). The van der Waals surface area contributed by atoms with E-state index in [9.17, 15) is 4.79 Å². The lowest BCUT2D eigenvalue weighted by molar-refractivity contribution is 0.0814. The first kappa shape index (κ1) is 19.7. The Hall–Kier alpha value is -2.05. The number of ether oxygens (including phenoxy) is 3. The number of hydrogen-bond donors (Lipinski definition) is 0. The summed E-state index contributed by atoms with van der Waals surface area (Å²) in [6.07, 6.45) is 1.98. The number of aryl methyl sites for hydroxylation is 1. The number of rotatable bonds is 7. The lowest BCUT2D eigenvalue weighted by Gasteiger charge is -2.32. The number of likely N-dealkylation sites (tertiary alicyclic amines) is 1. The minimum absolute atomic E-state index is 0.0576. The Morgan fingerprint density at radius 2 is 1.85 bits per heavy atom. The van der Waals surface area contributed by atoms with E-state index in [0.717, 1.165) is 54.2 Å². The number of methoxy groups -OCH3 is 3. The van der Waals surface area contributed by atoms with E-state index >= 15 is 0 Å². The van der Waals surface area contributed by atoms with Gasteiger partial charge in [-0.05, 0) is 49.4 Å². The van der Waals surface area contributed by atoms with Crippen LogP contribution in [0, 0.1) is 12.8 Å². The van der Waals surface area contributed by atoms with E-state index in [1.807, 2.05) is 30.5 Å². The molecule has 0 aliphatic carbocycles. The molecule has 1 aromatic carbocycles. The minimum atomic E-state index is 0.0576. The van der Waals surface area contributed by atoms with Crippen LogP contribution in [0.1, 0.15) is 33.6 Å². The molecule has 0 unspecified atom stereocenters. The van der Waals surface area contributed by atoms with Crippen LogP contribution in [-0.2, 0) is 6.54 Å². The lowest BCUT2D eigenvalue weighted by atomic mass is 9.92. The summed E-state index contributed by atoms with van der Waals surface area (Å²) < 4.78 is 16.3. The molecule has 0 spiro atoms. The van der Waals surface area contributed by atoms with Gasteiger partial charge < -0.3 is 14.2 Å². The molecule has 27 heavy (non-hydrogen) atoms. The summed E-state index contributed by atoms with van der Waals surface area (Å²) in [4.78, 5) is 16.1. The van der Waals surface area contributed by atoms with E-state index in [0.29, 0.717) is 11.5 Å². The first-order valence-corrected chi connectivity index (χ1v) is 10.0. The van der Waals surface area contributed by atoms with Crippen LogP contribution in [0.4, 0.5) is 0 Å². The Morgan fingerprint density at radius 3 is 2.48 bits per heavy atom. The number of ketones is 1. The molecule has 0 amide bonds. The molecule has 1 atom stereocenters. The Balaban J connectivity index is 1.76. The van der Waals surface area contributed by atoms with E-state index < -0.39 is 0 Å². The van der Waals surface area contributed by atoms with Crippen LogP contribution >= 0.6 is 11.3 Å². The highest BCUT2D eigenvalue weighted by atomic mass is 32.1. The highest BCUT2D eigenvalue weighted by Gasteiger charge is 2.28. The Bertz CT molecular complexity index is 801. The first-order chi connectivity index (χ1) is 13.1. The fraction of sp³-hybridized carbons (Fsp3) is 0.476. The number of hydrogen-bond acceptors (Lipinski definition) is 6. The average molecular weight is 390 g/mol. The molecule has 1 aromatic heterocycles. The van der Waals surface area contributed by atoms with Gasteiger partial charge in [0, 0.05) is 30.6 Å². The van der Waals surface area contributed by atoms with Crippen molar-refractivity contribution in [1.82, 2.24) is 4.90 Å². The van der Waals surface area contributed by atoms with E-state index in [1.54, 1.807) is 32.7 Å². The maximum Gasteiger partial charge on any atom is 0.177 e. The lowest BCUT2D eigenvalue weighted by Crippen LogP contribution is -2.38. The Morgan fingerprint density at radius 1 is 1.15 bits per heavy atom. The largest absolute Gasteiger partial charge is 0.496 e. The van der Waals surface area contributed by atoms with Gasteiger partial charge in [-0.3, -0.25) is 9.69 Å². The average Bonchev–Trinajstić information content (AvgIpc) is 3.13. The predicted molar refractivity (Wildman–Crippen MR) is 107 cm³/mol. The third-order valence-corrected chi connectivity index (χ3v) is 6.17. The monoisotopic (exact) mass is 389 g/mol. The van der Waals surface area contributed by atoms with Crippen molar-refractivity contribution < 1.29 is 19.0 Å². The molecular weight excluding hydrogens is 362 g/mol. The molecule has 0 N–H and O–H groups in total. The third-order valence-electron chi connectivity index (χ3n) is 5.14. The molecule has 5 nitrogen and oxygen atoms in total. The van der Waals surface area contributed by atoms with E-state index in [1.165, 1.54) is 0 Å². The standard InChI is InChI=1S/C21H27NO4S/c1-14-7-9-27-21(14)20(23)15-6-5-8-22(12-15)13-16-10-18(25-3)19(26-4)11-17(16)24-2/h7,9-11,15H,5-6,8,12-13H2,1-4H3/t15-/m0/s1. The van der Waals surface area contributed by atoms with Crippen molar-refractivity contribution in [2.45, 2.75) is 26.3 Å². The van der Waals surface area contributed by atoms with Crippen LogP contribution in [0.25, 0.3) is 0 Å². The summed E-state index contributed by atoms with van der Waals surface area (Å²) in [5.41, 5.74) is 2.12. The SMILES string of the molecule is COc1cc(OC)c(OC)cc1CN1CCC[C@H](C(=O)c2sccc2C)C1. The molecule has 6 heteroatoms. The molecule has 1 saturated heterocycles. The number of nitrogens with zero attached hydrogens (tertiary/aromatic N) is 1. The zero-order chi connectivity index (χ0) is 19.4. The van der Waals surface area contributed by atoms with Crippen molar-refractivity contribution >= 4 is 17.1 Å². The van der Waals surface area contributed by atoms with Crippen molar-refractivity contribution in [3.8, 4) is 17.2 Å². The number of thiophene rings is 1. The maximum atomic E-state index is 12.9. The van der Waals surface area contributed by atoms with Gasteiger partial charge in [0.05, 0.1) is 26.2 Å². The highest BCUT2D eigenvalue weighted by Crippen LogP contribution is 2.36. The number of benzene rings is 1. The number of piperidine rings is 1. The smallest absolute Gasteiger partial charge is 0.177 e. The molecule has 0 radical (unpaired) electrons. The van der Waals surface area contributed by atoms with Gasteiger partial charge in [-0.1, -0.05) is 0 Å². The van der Waals surface area contributed by atoms with Crippen molar-refractivity contribution in [2.75, 3.05) is 34.4 Å². The van der Waals surface area contributed by atoms with Gasteiger partial charge in [0.15, 0.2) is 17.3 Å². The Labute approximate surface area is 164 Å². The fourth-order valence-corrected chi connectivity index (χ4v) is 4.63. The summed E-state index contributed by atoms with van der Waals surface area (Å²) in [6.45, 7) is 4.48. The van der Waals surface area contributed by atoms with Gasteiger partial charge in [-0.15, -0.1) is 11.3 Å². The van der Waals surface area contributed by atoms with Gasteiger partial charge in [-0.25, -0.2) is 0 Å². The summed E-state index contributed by atoms with van der Waals surface area (Å²) in [5.74, 6) is 2.45. The fourth-order valence-electron chi connectivity index (χ4n) is 3.68. The quantitative estimate of drug-likeness (QED) is 0.665. The van der Waals surface area contributed by atoms with Crippen molar-refractivity contribution in [3.05, 3.63) is 39.6 Å². The number of Topliss-reactive ketones (excluding diaryl/α,β-unsaturated/α-hetero) is 1. The van der Waals surface area contributed by atoms with E-state index in [-0.39, 0.29) is 11.7 Å². The first-order valence-electron chi connectivity index (χ1n) is 9.17. The second-order valence-electron chi connectivity index (χ2n) is 6.89. The number of carbonyl (C=O) groups excluding carboxylic acids is 1. The Kier molecular flexibility index (Phi) is 6.39. The summed E-state index contributed by atoms with van der Waals surface area (Å²) in [7, 11) is 4.91. The molecule has 1 fully saturated rings. The van der Waals surface area contributed by atoms with Crippen molar-refractivity contribution in [1.29, 1.82) is 0 Å². The molecule has 1 aliphatic heterocycles. The molecule has 146 valence electrons. The molecular formula is C21H27NO4S. The second-order valence-corrected chi connectivity index (χ2v) is 7.81. The van der Waals surface area contributed by atoms with Gasteiger partial charge in [-0.2, -0.15) is 0 Å². The van der Waals surface area contributed by atoms with Crippen LogP contribution in [0.15, 0.2) is 23.6 Å². The van der Waals surface area contributed by atoms with Crippen LogP contribution in [0.3, 0.4) is 0 Å². The van der Waals surface area contributed by atoms with Gasteiger partial charge in [0.2, 0.25) is 0 Å². The van der Waals surface area contributed by atoms with Gasteiger partial charge in [0.1, 0.15) is 5.75 Å². The second kappa shape index (κ2) is 8.76.